The van der Waals surface area contributed by atoms with Crippen molar-refractivity contribution in [2.45, 2.75) is 68.2 Å². The van der Waals surface area contributed by atoms with Crippen LogP contribution in [0.15, 0.2) is 23.8 Å². The minimum absolute atomic E-state index is 0.362. The monoisotopic (exact) mass is 236 g/mol. The van der Waals surface area contributed by atoms with Gasteiger partial charge in [-0.1, -0.05) is 79.2 Å². The van der Waals surface area contributed by atoms with E-state index in [1.807, 2.05) is 0 Å². The molecule has 0 bridgehead atoms. The van der Waals surface area contributed by atoms with E-state index in [0.29, 0.717) is 16.7 Å². The van der Waals surface area contributed by atoms with E-state index in [4.69, 9.17) is 0 Å². The van der Waals surface area contributed by atoms with Gasteiger partial charge in [-0.25, -0.2) is 0 Å². The SMILES string of the molecule is CC/C(=C/C=C\C(C)C(C)(C)C)CC(C)(C)C. The van der Waals surface area contributed by atoms with Gasteiger partial charge in [0.25, 0.3) is 0 Å². The van der Waals surface area contributed by atoms with E-state index < -0.39 is 0 Å². The maximum Gasteiger partial charge on any atom is -0.0210 e. The molecule has 0 heterocycles. The molecule has 0 aliphatic carbocycles. The van der Waals surface area contributed by atoms with Crippen LogP contribution in [-0.2, 0) is 0 Å². The van der Waals surface area contributed by atoms with Crippen LogP contribution in [0.2, 0.25) is 0 Å². The van der Waals surface area contributed by atoms with Gasteiger partial charge in [-0.2, -0.15) is 0 Å². The van der Waals surface area contributed by atoms with E-state index in [0.717, 1.165) is 6.42 Å². The average Bonchev–Trinajstić information content (AvgIpc) is 2.12. The number of rotatable bonds is 4. The Balaban J connectivity index is 4.52. The van der Waals surface area contributed by atoms with Crippen LogP contribution in [0.3, 0.4) is 0 Å². The summed E-state index contributed by atoms with van der Waals surface area (Å²) in [6.07, 6.45) is 9.25. The molecule has 0 rings (SSSR count). The number of hydrogen-bond donors (Lipinski definition) is 0. The lowest BCUT2D eigenvalue weighted by atomic mass is 9.82. The van der Waals surface area contributed by atoms with Crippen LogP contribution < -0.4 is 0 Å². The molecule has 0 fully saturated rings. The maximum absolute atomic E-state index is 2.33. The summed E-state index contributed by atoms with van der Waals surface area (Å²) in [4.78, 5) is 0. The van der Waals surface area contributed by atoms with Gasteiger partial charge in [-0.15, -0.1) is 0 Å². The summed E-state index contributed by atoms with van der Waals surface area (Å²) in [7, 11) is 0. The van der Waals surface area contributed by atoms with E-state index in [2.05, 4.69) is 73.6 Å². The zero-order valence-electron chi connectivity index (χ0n) is 13.2. The lowest BCUT2D eigenvalue weighted by Gasteiger charge is -2.24. The second-order valence-electron chi connectivity index (χ2n) is 7.46. The quantitative estimate of drug-likeness (QED) is 0.525. The predicted molar refractivity (Wildman–Crippen MR) is 80.2 cm³/mol. The summed E-state index contributed by atoms with van der Waals surface area (Å²) in [6, 6.07) is 0. The van der Waals surface area contributed by atoms with Gasteiger partial charge in [-0.05, 0) is 29.6 Å². The van der Waals surface area contributed by atoms with Gasteiger partial charge in [-0.3, -0.25) is 0 Å². The zero-order valence-corrected chi connectivity index (χ0v) is 13.2. The first kappa shape index (κ1) is 16.5. The van der Waals surface area contributed by atoms with Gasteiger partial charge in [0.2, 0.25) is 0 Å². The maximum atomic E-state index is 2.33. The number of allylic oxidation sites excluding steroid dienone is 4. The Morgan fingerprint density at radius 3 is 1.94 bits per heavy atom. The van der Waals surface area contributed by atoms with Crippen molar-refractivity contribution in [1.82, 2.24) is 0 Å². The lowest BCUT2D eigenvalue weighted by molar-refractivity contribution is 0.314. The molecule has 100 valence electrons. The van der Waals surface area contributed by atoms with Gasteiger partial charge in [0.05, 0.1) is 0 Å². The molecule has 0 radical (unpaired) electrons. The molecule has 0 aromatic heterocycles. The van der Waals surface area contributed by atoms with E-state index in [-0.39, 0.29) is 0 Å². The van der Waals surface area contributed by atoms with Gasteiger partial charge < -0.3 is 0 Å². The molecule has 0 amide bonds. The van der Waals surface area contributed by atoms with Crippen LogP contribution in [0.5, 0.6) is 0 Å². The van der Waals surface area contributed by atoms with Crippen molar-refractivity contribution in [3.63, 3.8) is 0 Å². The largest absolute Gasteiger partial charge is 0.0812 e. The standard InChI is InChI=1S/C17H32/c1-9-15(13-16(3,4)5)12-10-11-14(2)17(6,7)8/h10-12,14H,9,13H2,1-8H3/b11-10-,15-12-. The van der Waals surface area contributed by atoms with E-state index in [9.17, 15) is 0 Å². The second-order valence-corrected chi connectivity index (χ2v) is 7.46. The van der Waals surface area contributed by atoms with Crippen LogP contribution in [0.4, 0.5) is 0 Å². The molecule has 0 aromatic carbocycles. The van der Waals surface area contributed by atoms with Crippen molar-refractivity contribution in [2.75, 3.05) is 0 Å². The summed E-state index contributed by atoms with van der Waals surface area (Å²) in [5.74, 6) is 0.617. The third-order valence-electron chi connectivity index (χ3n) is 3.31. The molecule has 0 spiro atoms. The first-order chi connectivity index (χ1) is 7.56. The van der Waals surface area contributed by atoms with Gasteiger partial charge in [0, 0.05) is 0 Å². The molecule has 1 unspecified atom stereocenters. The highest BCUT2D eigenvalue weighted by Gasteiger charge is 2.16. The molecular weight excluding hydrogens is 204 g/mol. The first-order valence-corrected chi connectivity index (χ1v) is 6.92. The zero-order chi connectivity index (χ0) is 13.7. The Hall–Kier alpha value is -0.520. The lowest BCUT2D eigenvalue weighted by Crippen LogP contribution is -2.14. The minimum Gasteiger partial charge on any atom is -0.0812 e. The molecular formula is C17H32. The highest BCUT2D eigenvalue weighted by atomic mass is 14.2. The Morgan fingerprint density at radius 1 is 1.06 bits per heavy atom. The topological polar surface area (TPSA) is 0 Å². The van der Waals surface area contributed by atoms with Crippen molar-refractivity contribution in [2.24, 2.45) is 16.7 Å². The van der Waals surface area contributed by atoms with Crippen LogP contribution >= 0.6 is 0 Å². The highest BCUT2D eigenvalue weighted by Crippen LogP contribution is 2.27. The molecule has 0 heteroatoms. The molecule has 1 atom stereocenters. The van der Waals surface area contributed by atoms with Crippen LogP contribution in [0, 0.1) is 16.7 Å². The number of hydrogen-bond acceptors (Lipinski definition) is 0. The minimum atomic E-state index is 0.362. The molecule has 0 aromatic rings. The van der Waals surface area contributed by atoms with Gasteiger partial charge in [0.1, 0.15) is 0 Å². The van der Waals surface area contributed by atoms with Crippen molar-refractivity contribution in [1.29, 1.82) is 0 Å². The summed E-state index contributed by atoms with van der Waals surface area (Å²) < 4.78 is 0. The normalized spacial score (nSPS) is 16.6. The van der Waals surface area contributed by atoms with E-state index in [1.54, 1.807) is 5.57 Å². The molecule has 0 saturated heterocycles. The summed E-state index contributed by atoms with van der Waals surface area (Å²) in [6.45, 7) is 18.3. The Bertz CT molecular complexity index is 265. The molecule has 17 heavy (non-hydrogen) atoms. The molecule has 0 saturated carbocycles. The Labute approximate surface area is 109 Å². The fourth-order valence-corrected chi connectivity index (χ4v) is 1.63. The predicted octanol–water partition coefficient (Wildman–Crippen LogP) is 6.00. The summed E-state index contributed by atoms with van der Waals surface area (Å²) in [5, 5.41) is 0. The summed E-state index contributed by atoms with van der Waals surface area (Å²) >= 11 is 0. The molecule has 0 aliphatic heterocycles. The van der Waals surface area contributed by atoms with Crippen molar-refractivity contribution >= 4 is 0 Å². The summed E-state index contributed by atoms with van der Waals surface area (Å²) in [5.41, 5.74) is 2.31. The van der Waals surface area contributed by atoms with Crippen molar-refractivity contribution in [3.8, 4) is 0 Å². The van der Waals surface area contributed by atoms with Crippen molar-refractivity contribution < 1.29 is 0 Å². The van der Waals surface area contributed by atoms with Crippen LogP contribution in [0.25, 0.3) is 0 Å². The first-order valence-electron chi connectivity index (χ1n) is 6.92. The van der Waals surface area contributed by atoms with E-state index in [1.165, 1.54) is 6.42 Å². The van der Waals surface area contributed by atoms with E-state index >= 15 is 0 Å². The second kappa shape index (κ2) is 6.42. The molecule has 0 nitrogen and oxygen atoms in total. The Morgan fingerprint density at radius 2 is 1.59 bits per heavy atom. The van der Waals surface area contributed by atoms with Gasteiger partial charge >= 0.3 is 0 Å². The van der Waals surface area contributed by atoms with Crippen LogP contribution in [-0.4, -0.2) is 0 Å². The third kappa shape index (κ3) is 8.24. The molecule has 0 aliphatic rings. The molecule has 0 N–H and O–H groups in total. The average molecular weight is 236 g/mol. The van der Waals surface area contributed by atoms with Crippen LogP contribution in [0.1, 0.15) is 68.2 Å². The van der Waals surface area contributed by atoms with Gasteiger partial charge in [0.15, 0.2) is 0 Å². The van der Waals surface area contributed by atoms with Crippen molar-refractivity contribution in [3.05, 3.63) is 23.8 Å². The Kier molecular flexibility index (Phi) is 6.23. The fraction of sp³-hybridized carbons (Fsp3) is 0.765. The highest BCUT2D eigenvalue weighted by molar-refractivity contribution is 5.14. The third-order valence-corrected chi connectivity index (χ3v) is 3.31. The fourth-order valence-electron chi connectivity index (χ4n) is 1.63. The smallest absolute Gasteiger partial charge is 0.0210 e.